The highest BCUT2D eigenvalue weighted by molar-refractivity contribution is 5.95. The monoisotopic (exact) mass is 335 g/mol. The van der Waals surface area contributed by atoms with E-state index in [4.69, 9.17) is 9.47 Å². The Kier molecular flexibility index (Phi) is 4.51. The highest BCUT2D eigenvalue weighted by atomic mass is 16.5. The Balaban J connectivity index is 1.91. The third-order valence-corrected chi connectivity index (χ3v) is 5.92. The standard InChI is InChI=1S/C18H25NO5/c1-10-14(23-2)8-12-15(10)13(20)7-5-4-6-11-9-18(11,17(22)24-3)19-16(12)21/h4,6,10-12,14-15H,5,7-9H2,1-3H3,(H,19,21)/b6-4-. The lowest BCUT2D eigenvalue weighted by Crippen LogP contribution is -2.49. The van der Waals surface area contributed by atoms with Crippen LogP contribution < -0.4 is 5.32 Å². The Labute approximate surface area is 141 Å². The van der Waals surface area contributed by atoms with E-state index < -0.39 is 17.4 Å². The maximum Gasteiger partial charge on any atom is 0.332 e. The third-order valence-electron chi connectivity index (χ3n) is 5.92. The number of ether oxygens (including phenoxy) is 2. The van der Waals surface area contributed by atoms with Crippen molar-refractivity contribution in [2.75, 3.05) is 14.2 Å². The lowest BCUT2D eigenvalue weighted by atomic mass is 9.84. The fraction of sp³-hybridized carbons (Fsp3) is 0.722. The van der Waals surface area contributed by atoms with Crippen molar-refractivity contribution in [2.24, 2.45) is 23.7 Å². The molecule has 0 spiro atoms. The van der Waals surface area contributed by atoms with E-state index in [-0.39, 0.29) is 35.5 Å². The van der Waals surface area contributed by atoms with E-state index in [2.05, 4.69) is 5.32 Å². The summed E-state index contributed by atoms with van der Waals surface area (Å²) in [5.41, 5.74) is -0.964. The van der Waals surface area contributed by atoms with E-state index in [1.165, 1.54) is 7.11 Å². The molecule has 6 atom stereocenters. The Morgan fingerprint density at radius 1 is 1.33 bits per heavy atom. The van der Waals surface area contributed by atoms with Crippen LogP contribution in [0.2, 0.25) is 0 Å². The first-order valence-electron chi connectivity index (χ1n) is 8.57. The second-order valence-electron chi connectivity index (χ2n) is 7.20. The number of amides is 1. The zero-order valence-electron chi connectivity index (χ0n) is 14.4. The molecule has 1 amide bonds. The summed E-state index contributed by atoms with van der Waals surface area (Å²) in [5, 5.41) is 2.90. The molecule has 0 aromatic heterocycles. The Hall–Kier alpha value is -1.69. The number of hydrogen-bond acceptors (Lipinski definition) is 5. The minimum Gasteiger partial charge on any atom is -0.467 e. The van der Waals surface area contributed by atoms with Gasteiger partial charge in [0.25, 0.3) is 0 Å². The Bertz CT molecular complexity index is 586. The van der Waals surface area contributed by atoms with Crippen LogP contribution in [0.5, 0.6) is 0 Å². The molecule has 2 fully saturated rings. The molecule has 3 rings (SSSR count). The number of carbonyl (C=O) groups is 3. The van der Waals surface area contributed by atoms with Crippen molar-refractivity contribution in [3.63, 3.8) is 0 Å². The fourth-order valence-electron chi connectivity index (χ4n) is 4.40. The van der Waals surface area contributed by atoms with E-state index in [1.54, 1.807) is 7.11 Å². The van der Waals surface area contributed by atoms with Crippen molar-refractivity contribution < 1.29 is 23.9 Å². The van der Waals surface area contributed by atoms with Crippen molar-refractivity contribution in [3.8, 4) is 0 Å². The van der Waals surface area contributed by atoms with Crippen LogP contribution in [0, 0.1) is 23.7 Å². The molecule has 2 saturated carbocycles. The van der Waals surface area contributed by atoms with E-state index in [9.17, 15) is 14.4 Å². The summed E-state index contributed by atoms with van der Waals surface area (Å²) in [4.78, 5) is 37.7. The van der Waals surface area contributed by atoms with E-state index in [0.717, 1.165) is 0 Å². The average molecular weight is 335 g/mol. The minimum absolute atomic E-state index is 0.00735. The van der Waals surface area contributed by atoms with Gasteiger partial charge in [0, 0.05) is 25.4 Å². The van der Waals surface area contributed by atoms with Crippen LogP contribution in [0.15, 0.2) is 12.2 Å². The van der Waals surface area contributed by atoms with Gasteiger partial charge in [-0.05, 0) is 25.2 Å². The lowest BCUT2D eigenvalue weighted by Gasteiger charge is -2.23. The van der Waals surface area contributed by atoms with Crippen molar-refractivity contribution in [1.82, 2.24) is 5.32 Å². The Morgan fingerprint density at radius 3 is 2.75 bits per heavy atom. The van der Waals surface area contributed by atoms with Crippen LogP contribution in [0.25, 0.3) is 0 Å². The summed E-state index contributed by atoms with van der Waals surface area (Å²) >= 11 is 0. The van der Waals surface area contributed by atoms with Crippen LogP contribution in [-0.2, 0) is 23.9 Å². The number of Topliss-reactive ketones (excluding diaryl/α,β-unsaturated/α-hetero) is 1. The SMILES string of the molecule is COC(=O)C12CC1/C=C\CCC(=O)C1C(CC(OC)C1C)C(=O)N2. The number of methoxy groups -OCH3 is 2. The van der Waals surface area contributed by atoms with E-state index in [1.807, 2.05) is 19.1 Å². The molecule has 6 nitrogen and oxygen atoms in total. The summed E-state index contributed by atoms with van der Waals surface area (Å²) in [7, 11) is 2.94. The number of carbonyl (C=O) groups excluding carboxylic acids is 3. The molecule has 24 heavy (non-hydrogen) atoms. The van der Waals surface area contributed by atoms with Gasteiger partial charge in [0.2, 0.25) is 5.91 Å². The number of hydrogen-bond donors (Lipinski definition) is 1. The molecule has 1 N–H and O–H groups in total. The van der Waals surface area contributed by atoms with Gasteiger partial charge in [-0.25, -0.2) is 4.79 Å². The molecule has 0 radical (unpaired) electrons. The zero-order valence-corrected chi connectivity index (χ0v) is 14.4. The molecular formula is C18H25NO5. The lowest BCUT2D eigenvalue weighted by molar-refractivity contribution is -0.147. The number of nitrogens with one attached hydrogen (secondary N) is 1. The summed E-state index contributed by atoms with van der Waals surface area (Å²) in [6.45, 7) is 1.97. The largest absolute Gasteiger partial charge is 0.467 e. The fourth-order valence-corrected chi connectivity index (χ4v) is 4.40. The van der Waals surface area contributed by atoms with Crippen LogP contribution in [0.3, 0.4) is 0 Å². The van der Waals surface area contributed by atoms with Crippen molar-refractivity contribution >= 4 is 17.7 Å². The van der Waals surface area contributed by atoms with Crippen molar-refractivity contribution in [2.45, 2.75) is 44.2 Å². The third kappa shape index (κ3) is 2.66. The molecule has 1 heterocycles. The number of fused-ring (bicyclic) bond motifs is 2. The summed E-state index contributed by atoms with van der Waals surface area (Å²) < 4.78 is 10.4. The van der Waals surface area contributed by atoms with E-state index in [0.29, 0.717) is 25.7 Å². The van der Waals surface area contributed by atoms with Gasteiger partial charge in [-0.1, -0.05) is 19.1 Å². The van der Waals surface area contributed by atoms with Gasteiger partial charge in [0.1, 0.15) is 11.3 Å². The molecule has 0 bridgehead atoms. The molecular weight excluding hydrogens is 310 g/mol. The van der Waals surface area contributed by atoms with Crippen LogP contribution >= 0.6 is 0 Å². The molecule has 132 valence electrons. The highest BCUT2D eigenvalue weighted by Gasteiger charge is 2.62. The predicted molar refractivity (Wildman–Crippen MR) is 85.9 cm³/mol. The van der Waals surface area contributed by atoms with Crippen LogP contribution in [0.1, 0.15) is 32.6 Å². The molecule has 6 unspecified atom stereocenters. The summed E-state index contributed by atoms with van der Waals surface area (Å²) in [6.07, 6.45) is 5.86. The highest BCUT2D eigenvalue weighted by Crippen LogP contribution is 2.48. The number of ketones is 1. The number of rotatable bonds is 2. The van der Waals surface area contributed by atoms with E-state index >= 15 is 0 Å². The quantitative estimate of drug-likeness (QED) is 0.606. The summed E-state index contributed by atoms with van der Waals surface area (Å²) in [5.74, 6) is -1.41. The minimum atomic E-state index is -0.964. The topological polar surface area (TPSA) is 81.7 Å². The second kappa shape index (κ2) is 6.31. The zero-order chi connectivity index (χ0) is 17.5. The van der Waals surface area contributed by atoms with Gasteiger partial charge >= 0.3 is 5.97 Å². The molecule has 1 aliphatic heterocycles. The summed E-state index contributed by atoms with van der Waals surface area (Å²) in [6, 6.07) is 0. The smallest absolute Gasteiger partial charge is 0.332 e. The first-order chi connectivity index (χ1) is 11.4. The molecule has 0 aromatic rings. The molecule has 0 saturated heterocycles. The van der Waals surface area contributed by atoms with Gasteiger partial charge in [0.15, 0.2) is 0 Å². The predicted octanol–water partition coefficient (Wildman–Crippen LogP) is 1.24. The van der Waals surface area contributed by atoms with Gasteiger partial charge in [-0.15, -0.1) is 0 Å². The normalized spacial score (nSPS) is 43.0. The molecule has 2 aliphatic carbocycles. The number of allylic oxidation sites excluding steroid dienone is 1. The maximum atomic E-state index is 12.9. The van der Waals surface area contributed by atoms with Gasteiger partial charge in [-0.2, -0.15) is 0 Å². The number of esters is 1. The van der Waals surface area contributed by atoms with Crippen LogP contribution in [-0.4, -0.2) is 43.5 Å². The first-order valence-corrected chi connectivity index (χ1v) is 8.57. The second-order valence-corrected chi connectivity index (χ2v) is 7.20. The Morgan fingerprint density at radius 2 is 2.08 bits per heavy atom. The van der Waals surface area contributed by atoms with Gasteiger partial charge in [-0.3, -0.25) is 9.59 Å². The van der Waals surface area contributed by atoms with Gasteiger partial charge in [0.05, 0.1) is 19.1 Å². The van der Waals surface area contributed by atoms with Crippen LogP contribution in [0.4, 0.5) is 0 Å². The van der Waals surface area contributed by atoms with Crippen molar-refractivity contribution in [1.29, 1.82) is 0 Å². The average Bonchev–Trinajstić information content (AvgIpc) is 3.15. The van der Waals surface area contributed by atoms with Gasteiger partial charge < -0.3 is 14.8 Å². The first kappa shape index (κ1) is 17.1. The maximum absolute atomic E-state index is 12.9. The molecule has 3 aliphatic rings. The molecule has 6 heteroatoms. The molecule has 0 aromatic carbocycles. The van der Waals surface area contributed by atoms with Crippen molar-refractivity contribution in [3.05, 3.63) is 12.2 Å².